The maximum atomic E-state index is 11.5. The Hall–Kier alpha value is -1.92. The van der Waals surface area contributed by atoms with Gasteiger partial charge in [-0.05, 0) is 18.2 Å². The highest BCUT2D eigenvalue weighted by Gasteiger charge is 2.13. The minimum atomic E-state index is -0.515. The zero-order valence-corrected chi connectivity index (χ0v) is 11.0. The molecule has 1 heterocycles. The van der Waals surface area contributed by atoms with E-state index >= 15 is 0 Å². The largest absolute Gasteiger partial charge is 0.456 e. The number of halogens is 2. The molecule has 1 aromatic rings. The first-order chi connectivity index (χ1) is 9.04. The molecular formula is C11H9Cl2N3O3. The highest BCUT2D eigenvalue weighted by atomic mass is 35.5. The number of esters is 1. The number of benzene rings is 1. The number of urea groups is 1. The summed E-state index contributed by atoms with van der Waals surface area (Å²) in [7, 11) is 0. The maximum Gasteiger partial charge on any atom is 0.337 e. The van der Waals surface area contributed by atoms with Gasteiger partial charge >= 0.3 is 12.0 Å². The van der Waals surface area contributed by atoms with Gasteiger partial charge in [0.1, 0.15) is 6.61 Å². The van der Waals surface area contributed by atoms with E-state index in [1.165, 1.54) is 12.1 Å². The van der Waals surface area contributed by atoms with Crippen molar-refractivity contribution >= 4 is 40.9 Å². The lowest BCUT2D eigenvalue weighted by Gasteiger charge is -2.10. The normalized spacial score (nSPS) is 13.6. The first kappa shape index (κ1) is 13.5. The molecule has 0 bridgehead atoms. The van der Waals surface area contributed by atoms with E-state index in [1.54, 1.807) is 12.1 Å². The minimum Gasteiger partial charge on any atom is -0.456 e. The second-order valence-electron chi connectivity index (χ2n) is 3.61. The average Bonchev–Trinajstić information content (AvgIpc) is 2.77. The van der Waals surface area contributed by atoms with Crippen molar-refractivity contribution < 1.29 is 14.3 Å². The van der Waals surface area contributed by atoms with Crippen LogP contribution in [0.3, 0.4) is 0 Å². The molecular weight excluding hydrogens is 293 g/mol. The van der Waals surface area contributed by atoms with Crippen molar-refractivity contribution in [2.75, 3.05) is 11.9 Å². The van der Waals surface area contributed by atoms with Gasteiger partial charge in [-0.15, -0.1) is 0 Å². The molecule has 1 aliphatic rings. The van der Waals surface area contributed by atoms with Crippen LogP contribution in [0.2, 0.25) is 10.0 Å². The van der Waals surface area contributed by atoms with Gasteiger partial charge in [-0.1, -0.05) is 23.2 Å². The molecule has 1 aliphatic heterocycles. The van der Waals surface area contributed by atoms with Crippen LogP contribution < -0.4 is 16.2 Å². The van der Waals surface area contributed by atoms with Crippen molar-refractivity contribution in [3.63, 3.8) is 0 Å². The molecule has 2 amide bonds. The molecule has 1 aromatic carbocycles. The second-order valence-corrected chi connectivity index (χ2v) is 4.42. The molecule has 19 heavy (non-hydrogen) atoms. The van der Waals surface area contributed by atoms with E-state index in [0.717, 1.165) is 0 Å². The van der Waals surface area contributed by atoms with Crippen LogP contribution in [0.15, 0.2) is 30.0 Å². The van der Waals surface area contributed by atoms with Crippen molar-refractivity contribution in [2.24, 2.45) is 0 Å². The first-order valence-corrected chi connectivity index (χ1v) is 5.95. The fourth-order valence-electron chi connectivity index (χ4n) is 1.32. The summed E-state index contributed by atoms with van der Waals surface area (Å²) in [5, 5.41) is 3.27. The summed E-state index contributed by atoms with van der Waals surface area (Å²) in [6, 6.07) is 4.18. The zero-order valence-electron chi connectivity index (χ0n) is 9.50. The minimum absolute atomic E-state index is 0.103. The molecule has 0 fully saturated rings. The van der Waals surface area contributed by atoms with Gasteiger partial charge in [-0.2, -0.15) is 0 Å². The number of hydrazine groups is 1. The van der Waals surface area contributed by atoms with Crippen molar-refractivity contribution in [2.45, 2.75) is 0 Å². The van der Waals surface area contributed by atoms with Crippen LogP contribution in [0.4, 0.5) is 10.5 Å². The summed E-state index contributed by atoms with van der Waals surface area (Å²) in [4.78, 5) is 22.3. The van der Waals surface area contributed by atoms with Gasteiger partial charge < -0.3 is 10.1 Å². The van der Waals surface area contributed by atoms with Gasteiger partial charge in [-0.3, -0.25) is 10.9 Å². The predicted molar refractivity (Wildman–Crippen MR) is 70.8 cm³/mol. The number of nitrogens with one attached hydrogen (secondary N) is 3. The van der Waals surface area contributed by atoms with Crippen LogP contribution in [-0.4, -0.2) is 18.6 Å². The molecule has 0 saturated heterocycles. The van der Waals surface area contributed by atoms with E-state index in [2.05, 4.69) is 20.9 Å². The number of anilines is 1. The summed E-state index contributed by atoms with van der Waals surface area (Å²) < 4.78 is 4.65. The summed E-state index contributed by atoms with van der Waals surface area (Å²) >= 11 is 11.6. The summed E-state index contributed by atoms with van der Waals surface area (Å²) in [5.41, 5.74) is 5.86. The van der Waals surface area contributed by atoms with Crippen LogP contribution in [0.25, 0.3) is 0 Å². The van der Waals surface area contributed by atoms with Crippen molar-refractivity contribution in [1.82, 2.24) is 10.9 Å². The van der Waals surface area contributed by atoms with Gasteiger partial charge in [0.15, 0.2) is 0 Å². The summed E-state index contributed by atoms with van der Waals surface area (Å²) in [6.07, 6.45) is 1.25. The van der Waals surface area contributed by atoms with Crippen LogP contribution >= 0.6 is 23.2 Å². The number of ether oxygens (including phenoxy) is 1. The number of rotatable bonds is 3. The van der Waals surface area contributed by atoms with Crippen molar-refractivity contribution in [1.29, 1.82) is 0 Å². The SMILES string of the molecule is O=C(NNC1=CC(=O)OC1)Nc1ccc(Cl)c(Cl)c1. The van der Waals surface area contributed by atoms with E-state index in [9.17, 15) is 9.59 Å². The lowest BCUT2D eigenvalue weighted by atomic mass is 10.3. The first-order valence-electron chi connectivity index (χ1n) is 5.20. The van der Waals surface area contributed by atoms with Crippen molar-refractivity contribution in [3.8, 4) is 0 Å². The molecule has 2 rings (SSSR count). The molecule has 0 unspecified atom stereocenters. The topological polar surface area (TPSA) is 79.5 Å². The van der Waals surface area contributed by atoms with Gasteiger partial charge in [0.2, 0.25) is 0 Å². The van der Waals surface area contributed by atoms with E-state index in [-0.39, 0.29) is 6.61 Å². The molecule has 8 heteroatoms. The monoisotopic (exact) mass is 301 g/mol. The lowest BCUT2D eigenvalue weighted by Crippen LogP contribution is -2.40. The van der Waals surface area contributed by atoms with E-state index in [0.29, 0.717) is 21.4 Å². The van der Waals surface area contributed by atoms with Gasteiger partial charge in [0.25, 0.3) is 0 Å². The van der Waals surface area contributed by atoms with Crippen LogP contribution in [0.5, 0.6) is 0 Å². The molecule has 0 radical (unpaired) electrons. The van der Waals surface area contributed by atoms with Crippen LogP contribution in [0, 0.1) is 0 Å². The molecule has 6 nitrogen and oxygen atoms in total. The number of amides is 2. The molecule has 100 valence electrons. The smallest absolute Gasteiger partial charge is 0.337 e. The van der Waals surface area contributed by atoms with Crippen molar-refractivity contribution in [3.05, 3.63) is 40.0 Å². The Morgan fingerprint density at radius 2 is 2.05 bits per heavy atom. The fourth-order valence-corrected chi connectivity index (χ4v) is 1.62. The Bertz CT molecular complexity index is 560. The third-order valence-electron chi connectivity index (χ3n) is 2.18. The van der Waals surface area contributed by atoms with E-state index in [4.69, 9.17) is 23.2 Å². The number of carbonyl (C=O) groups excluding carboxylic acids is 2. The highest BCUT2D eigenvalue weighted by Crippen LogP contribution is 2.24. The Labute approximate surface area is 118 Å². The molecule has 0 aliphatic carbocycles. The molecule has 0 spiro atoms. The van der Waals surface area contributed by atoms with Gasteiger partial charge in [0, 0.05) is 11.8 Å². The summed E-state index contributed by atoms with van der Waals surface area (Å²) in [6.45, 7) is 0.103. The Balaban J connectivity index is 1.85. The summed E-state index contributed by atoms with van der Waals surface area (Å²) in [5.74, 6) is -0.450. The van der Waals surface area contributed by atoms with Crippen LogP contribution in [-0.2, 0) is 9.53 Å². The maximum absolute atomic E-state index is 11.5. The van der Waals surface area contributed by atoms with Crippen LogP contribution in [0.1, 0.15) is 0 Å². The predicted octanol–water partition coefficient (Wildman–Crippen LogP) is 2.06. The molecule has 0 saturated carbocycles. The zero-order chi connectivity index (χ0) is 13.8. The number of cyclic esters (lactones) is 1. The molecule has 0 atom stereocenters. The fraction of sp³-hybridized carbons (Fsp3) is 0.0909. The lowest BCUT2D eigenvalue weighted by molar-refractivity contribution is -0.134. The molecule has 0 aromatic heterocycles. The van der Waals surface area contributed by atoms with E-state index < -0.39 is 12.0 Å². The molecule has 3 N–H and O–H groups in total. The number of hydrogen-bond donors (Lipinski definition) is 3. The standard InChI is InChI=1S/C11H9Cl2N3O3/c12-8-2-1-6(3-9(8)13)14-11(18)16-15-7-4-10(17)19-5-7/h1-4,15H,5H2,(H2,14,16,18). The Morgan fingerprint density at radius 1 is 1.26 bits per heavy atom. The Morgan fingerprint density at radius 3 is 2.68 bits per heavy atom. The van der Waals surface area contributed by atoms with Gasteiger partial charge in [-0.25, -0.2) is 9.59 Å². The quantitative estimate of drug-likeness (QED) is 0.590. The average molecular weight is 302 g/mol. The Kier molecular flexibility index (Phi) is 4.13. The number of hydrogen-bond acceptors (Lipinski definition) is 4. The second kappa shape index (κ2) is 5.81. The number of carbonyl (C=O) groups is 2. The van der Waals surface area contributed by atoms with Gasteiger partial charge in [0.05, 0.1) is 15.7 Å². The third-order valence-corrected chi connectivity index (χ3v) is 2.92. The highest BCUT2D eigenvalue weighted by molar-refractivity contribution is 6.42. The third kappa shape index (κ3) is 3.77. The van der Waals surface area contributed by atoms with E-state index in [1.807, 2.05) is 0 Å².